The second-order valence-corrected chi connectivity index (χ2v) is 9.03. The fourth-order valence-corrected chi connectivity index (χ4v) is 4.29. The van der Waals surface area contributed by atoms with E-state index in [0.29, 0.717) is 0 Å². The first-order chi connectivity index (χ1) is 13.9. The van der Waals surface area contributed by atoms with Crippen molar-refractivity contribution in [3.63, 3.8) is 0 Å². The van der Waals surface area contributed by atoms with E-state index in [9.17, 15) is 0 Å². The molecule has 0 fully saturated rings. The van der Waals surface area contributed by atoms with Gasteiger partial charge >= 0.3 is 0 Å². The zero-order valence-corrected chi connectivity index (χ0v) is 17.5. The van der Waals surface area contributed by atoms with Crippen molar-refractivity contribution in [2.24, 2.45) is 0 Å². The molecular formula is C28H25N. The number of pyridine rings is 1. The Balaban J connectivity index is 1.74. The van der Waals surface area contributed by atoms with E-state index >= 15 is 0 Å². The number of rotatable bonds is 1. The van der Waals surface area contributed by atoms with Gasteiger partial charge in [-0.2, -0.15) is 0 Å². The van der Waals surface area contributed by atoms with Crippen LogP contribution in [0.3, 0.4) is 0 Å². The van der Waals surface area contributed by atoms with Gasteiger partial charge in [-0.25, -0.2) is 0 Å². The van der Waals surface area contributed by atoms with Gasteiger partial charge in [0.05, 0.1) is 5.69 Å². The molecule has 5 rings (SSSR count). The second-order valence-electron chi connectivity index (χ2n) is 9.03. The molecule has 0 saturated heterocycles. The highest BCUT2D eigenvalue weighted by Crippen LogP contribution is 2.35. The Kier molecular flexibility index (Phi) is 3.96. The quantitative estimate of drug-likeness (QED) is 0.272. The largest absolute Gasteiger partial charge is 0.256 e. The summed E-state index contributed by atoms with van der Waals surface area (Å²) in [5.74, 6) is 0. The third-order valence-corrected chi connectivity index (χ3v) is 5.94. The topological polar surface area (TPSA) is 12.9 Å². The minimum atomic E-state index is 0.153. The average Bonchev–Trinajstić information content (AvgIpc) is 2.72. The van der Waals surface area contributed by atoms with E-state index in [-0.39, 0.29) is 5.41 Å². The minimum absolute atomic E-state index is 0.153. The SMILES string of the molecule is Cc1ccc2c(ccc3c4ccnc(-c5ccc(C(C)(C)C)cc5)c4ccc23)c1. The maximum atomic E-state index is 4.75. The van der Waals surface area contributed by atoms with Crippen molar-refractivity contribution in [1.29, 1.82) is 0 Å². The molecule has 0 aliphatic rings. The van der Waals surface area contributed by atoms with E-state index in [1.54, 1.807) is 0 Å². The van der Waals surface area contributed by atoms with Crippen molar-refractivity contribution in [3.8, 4) is 11.3 Å². The number of nitrogens with zero attached hydrogens (tertiary/aromatic N) is 1. The van der Waals surface area contributed by atoms with Crippen LogP contribution in [0.25, 0.3) is 43.6 Å². The van der Waals surface area contributed by atoms with E-state index in [1.807, 2.05) is 6.20 Å². The number of benzene rings is 4. The van der Waals surface area contributed by atoms with Gasteiger partial charge in [-0.05, 0) is 50.9 Å². The van der Waals surface area contributed by atoms with Crippen LogP contribution in [0.2, 0.25) is 0 Å². The lowest BCUT2D eigenvalue weighted by Gasteiger charge is -2.19. The van der Waals surface area contributed by atoms with Crippen LogP contribution in [0.4, 0.5) is 0 Å². The number of fused-ring (bicyclic) bond motifs is 5. The molecule has 0 N–H and O–H groups in total. The Bertz CT molecular complexity index is 1370. The molecule has 0 unspecified atom stereocenters. The van der Waals surface area contributed by atoms with Crippen LogP contribution in [-0.4, -0.2) is 4.98 Å². The van der Waals surface area contributed by atoms with Crippen molar-refractivity contribution in [3.05, 3.63) is 90.1 Å². The van der Waals surface area contributed by atoms with E-state index in [4.69, 9.17) is 4.98 Å². The maximum Gasteiger partial charge on any atom is 0.0780 e. The lowest BCUT2D eigenvalue weighted by atomic mass is 9.86. The number of aryl methyl sites for hydroxylation is 1. The van der Waals surface area contributed by atoms with Crippen LogP contribution in [0.15, 0.2) is 79.0 Å². The summed E-state index contributed by atoms with van der Waals surface area (Å²) in [5.41, 5.74) is 5.00. The van der Waals surface area contributed by atoms with Gasteiger partial charge in [-0.15, -0.1) is 0 Å². The van der Waals surface area contributed by atoms with Crippen molar-refractivity contribution >= 4 is 32.3 Å². The van der Waals surface area contributed by atoms with E-state index in [2.05, 4.69) is 100 Å². The zero-order valence-electron chi connectivity index (χ0n) is 17.5. The predicted molar refractivity (Wildman–Crippen MR) is 126 cm³/mol. The molecule has 0 aliphatic heterocycles. The van der Waals surface area contributed by atoms with Crippen molar-refractivity contribution in [2.45, 2.75) is 33.1 Å². The van der Waals surface area contributed by atoms with Gasteiger partial charge in [0.15, 0.2) is 0 Å². The molecule has 1 nitrogen and oxygen atoms in total. The summed E-state index contributed by atoms with van der Waals surface area (Å²) in [7, 11) is 0. The molecule has 0 amide bonds. The molecule has 0 saturated carbocycles. The first-order valence-electron chi connectivity index (χ1n) is 10.2. The molecular weight excluding hydrogens is 350 g/mol. The summed E-state index contributed by atoms with van der Waals surface area (Å²) in [6.07, 6.45) is 1.94. The third-order valence-electron chi connectivity index (χ3n) is 5.94. The standard InChI is InChI=1S/C28H25N/c1-18-5-11-22-20(17-18)8-12-24-23(22)13-14-26-25(24)15-16-29-27(26)19-6-9-21(10-7-19)28(2,3)4/h5-17H,1-4H3. The van der Waals surface area contributed by atoms with Gasteiger partial charge in [0.2, 0.25) is 0 Å². The first kappa shape index (κ1) is 17.9. The van der Waals surface area contributed by atoms with Gasteiger partial charge in [0.25, 0.3) is 0 Å². The Morgan fingerprint density at radius 3 is 2.00 bits per heavy atom. The average molecular weight is 376 g/mol. The third kappa shape index (κ3) is 2.98. The lowest BCUT2D eigenvalue weighted by Crippen LogP contribution is -2.10. The van der Waals surface area contributed by atoms with Crippen molar-refractivity contribution in [2.75, 3.05) is 0 Å². The normalized spacial score (nSPS) is 12.1. The molecule has 1 aromatic heterocycles. The summed E-state index contributed by atoms with van der Waals surface area (Å²) in [4.78, 5) is 4.75. The molecule has 4 aromatic carbocycles. The molecule has 29 heavy (non-hydrogen) atoms. The monoisotopic (exact) mass is 375 g/mol. The summed E-state index contributed by atoms with van der Waals surface area (Å²) in [6, 6.07) is 26.7. The Morgan fingerprint density at radius 2 is 1.24 bits per heavy atom. The molecule has 0 bridgehead atoms. The van der Waals surface area contributed by atoms with Gasteiger partial charge < -0.3 is 0 Å². The maximum absolute atomic E-state index is 4.75. The molecule has 5 aromatic rings. The molecule has 1 heteroatoms. The van der Waals surface area contributed by atoms with Crippen LogP contribution >= 0.6 is 0 Å². The fraction of sp³-hybridized carbons (Fsp3) is 0.179. The fourth-order valence-electron chi connectivity index (χ4n) is 4.29. The lowest BCUT2D eigenvalue weighted by molar-refractivity contribution is 0.590. The molecule has 0 spiro atoms. The van der Waals surface area contributed by atoms with Crippen LogP contribution in [-0.2, 0) is 5.41 Å². The van der Waals surface area contributed by atoms with Gasteiger partial charge in [0.1, 0.15) is 0 Å². The van der Waals surface area contributed by atoms with Gasteiger partial charge in [0, 0.05) is 17.1 Å². The zero-order chi connectivity index (χ0) is 20.2. The van der Waals surface area contributed by atoms with Crippen LogP contribution in [0, 0.1) is 6.92 Å². The highest BCUT2D eigenvalue weighted by molar-refractivity contribution is 6.18. The predicted octanol–water partition coefficient (Wildman–Crippen LogP) is 7.81. The van der Waals surface area contributed by atoms with E-state index < -0.39 is 0 Å². The summed E-state index contributed by atoms with van der Waals surface area (Å²) in [5, 5.41) is 7.65. The van der Waals surface area contributed by atoms with E-state index in [1.165, 1.54) is 49.0 Å². The number of aromatic nitrogens is 1. The Hall–Kier alpha value is -3.19. The van der Waals surface area contributed by atoms with Crippen molar-refractivity contribution < 1.29 is 0 Å². The number of hydrogen-bond donors (Lipinski definition) is 0. The van der Waals surface area contributed by atoms with Crippen molar-refractivity contribution in [1.82, 2.24) is 4.98 Å². The van der Waals surface area contributed by atoms with Gasteiger partial charge in [-0.3, -0.25) is 4.98 Å². The smallest absolute Gasteiger partial charge is 0.0780 e. The second kappa shape index (κ2) is 6.42. The Morgan fingerprint density at radius 1 is 0.621 bits per heavy atom. The van der Waals surface area contributed by atoms with Crippen LogP contribution in [0.1, 0.15) is 31.9 Å². The summed E-state index contributed by atoms with van der Waals surface area (Å²) in [6.45, 7) is 8.88. The van der Waals surface area contributed by atoms with Crippen LogP contribution in [0.5, 0.6) is 0 Å². The summed E-state index contributed by atoms with van der Waals surface area (Å²) < 4.78 is 0. The molecule has 0 radical (unpaired) electrons. The Labute approximate surface area is 172 Å². The number of hydrogen-bond acceptors (Lipinski definition) is 1. The van der Waals surface area contributed by atoms with Gasteiger partial charge in [-0.1, -0.05) is 93.1 Å². The first-order valence-corrected chi connectivity index (χ1v) is 10.2. The van der Waals surface area contributed by atoms with E-state index in [0.717, 1.165) is 5.69 Å². The highest BCUT2D eigenvalue weighted by Gasteiger charge is 2.14. The van der Waals surface area contributed by atoms with Crippen LogP contribution < -0.4 is 0 Å². The molecule has 1 heterocycles. The molecule has 0 atom stereocenters. The summed E-state index contributed by atoms with van der Waals surface area (Å²) >= 11 is 0. The molecule has 0 aliphatic carbocycles. The highest BCUT2D eigenvalue weighted by atomic mass is 14.7. The molecule has 142 valence electrons. The minimum Gasteiger partial charge on any atom is -0.256 e.